The first-order valence-corrected chi connectivity index (χ1v) is 7.16. The lowest BCUT2D eigenvalue weighted by Crippen LogP contribution is -2.10. The van der Waals surface area contributed by atoms with Gasteiger partial charge in [-0.2, -0.15) is 0 Å². The summed E-state index contributed by atoms with van der Waals surface area (Å²) in [5.41, 5.74) is 4.40. The van der Waals surface area contributed by atoms with Gasteiger partial charge in [0.1, 0.15) is 11.6 Å². The van der Waals surface area contributed by atoms with Crippen LogP contribution in [0.1, 0.15) is 5.56 Å². The zero-order chi connectivity index (χ0) is 13.8. The van der Waals surface area contributed by atoms with Crippen molar-refractivity contribution in [2.75, 3.05) is 17.0 Å². The number of hydrogen-bond donors (Lipinski definition) is 3. The molecule has 2 aromatic rings. The fourth-order valence-electron chi connectivity index (χ4n) is 1.54. The second kappa shape index (κ2) is 6.10. The minimum atomic E-state index is 0.557. The minimum Gasteiger partial charge on any atom is -0.340 e. The molecule has 0 atom stereocenters. The summed E-state index contributed by atoms with van der Waals surface area (Å²) in [6.07, 6.45) is 1.91. The number of nitrogens with two attached hydrogens (primary N) is 1. The summed E-state index contributed by atoms with van der Waals surface area (Å²) in [5, 5.41) is 4.56. The molecule has 0 saturated carbocycles. The maximum atomic E-state index is 6.09. The SMILES string of the molecule is CSc1nc(NN)cc(Nc2cccc(Cl)c2C)n1. The molecule has 0 saturated heterocycles. The Morgan fingerprint density at radius 1 is 1.26 bits per heavy atom. The Morgan fingerprint density at radius 3 is 2.68 bits per heavy atom. The summed E-state index contributed by atoms with van der Waals surface area (Å²) in [5.74, 6) is 6.61. The third-order valence-electron chi connectivity index (χ3n) is 2.57. The Kier molecular flexibility index (Phi) is 4.47. The maximum absolute atomic E-state index is 6.09. The van der Waals surface area contributed by atoms with Crippen molar-refractivity contribution in [2.45, 2.75) is 12.1 Å². The maximum Gasteiger partial charge on any atom is 0.191 e. The summed E-state index contributed by atoms with van der Waals surface area (Å²) in [6.45, 7) is 1.95. The van der Waals surface area contributed by atoms with Gasteiger partial charge in [-0.25, -0.2) is 15.8 Å². The van der Waals surface area contributed by atoms with E-state index in [0.717, 1.165) is 11.3 Å². The van der Waals surface area contributed by atoms with Gasteiger partial charge in [0, 0.05) is 16.8 Å². The Hall–Kier alpha value is -1.50. The molecule has 0 radical (unpaired) electrons. The van der Waals surface area contributed by atoms with E-state index in [0.29, 0.717) is 21.8 Å². The number of nitrogens with zero attached hydrogens (tertiary/aromatic N) is 2. The van der Waals surface area contributed by atoms with E-state index in [-0.39, 0.29) is 0 Å². The van der Waals surface area contributed by atoms with Gasteiger partial charge >= 0.3 is 0 Å². The zero-order valence-electron chi connectivity index (χ0n) is 10.6. The Morgan fingerprint density at radius 2 is 2.00 bits per heavy atom. The molecule has 19 heavy (non-hydrogen) atoms. The highest BCUT2D eigenvalue weighted by molar-refractivity contribution is 7.98. The molecule has 0 fully saturated rings. The number of rotatable bonds is 4. The average molecular weight is 296 g/mol. The number of benzene rings is 1. The molecule has 4 N–H and O–H groups in total. The van der Waals surface area contributed by atoms with E-state index in [1.807, 2.05) is 31.4 Å². The summed E-state index contributed by atoms with van der Waals surface area (Å²) in [4.78, 5) is 8.57. The molecule has 2 rings (SSSR count). The number of aromatic nitrogens is 2. The zero-order valence-corrected chi connectivity index (χ0v) is 12.1. The molecule has 0 unspecified atom stereocenters. The first-order chi connectivity index (χ1) is 9.13. The van der Waals surface area contributed by atoms with Gasteiger partial charge < -0.3 is 10.7 Å². The summed E-state index contributed by atoms with van der Waals surface area (Å²) in [6, 6.07) is 7.41. The van der Waals surface area contributed by atoms with E-state index < -0.39 is 0 Å². The van der Waals surface area contributed by atoms with Gasteiger partial charge in [0.15, 0.2) is 5.16 Å². The van der Waals surface area contributed by atoms with Crippen molar-refractivity contribution in [3.8, 4) is 0 Å². The molecule has 0 spiro atoms. The lowest BCUT2D eigenvalue weighted by molar-refractivity contribution is 0.971. The Labute approximate surface area is 120 Å². The van der Waals surface area contributed by atoms with Crippen LogP contribution in [0.25, 0.3) is 0 Å². The predicted octanol–water partition coefficient (Wildman–Crippen LogP) is 3.19. The smallest absolute Gasteiger partial charge is 0.191 e. The highest BCUT2D eigenvalue weighted by Gasteiger charge is 2.06. The third-order valence-corrected chi connectivity index (χ3v) is 3.52. The van der Waals surface area contributed by atoms with Crippen LogP contribution in [0.4, 0.5) is 17.3 Å². The molecule has 7 heteroatoms. The van der Waals surface area contributed by atoms with Crippen LogP contribution in [-0.4, -0.2) is 16.2 Å². The van der Waals surface area contributed by atoms with Gasteiger partial charge in [0.2, 0.25) is 0 Å². The van der Waals surface area contributed by atoms with Crippen LogP contribution >= 0.6 is 23.4 Å². The highest BCUT2D eigenvalue weighted by atomic mass is 35.5. The number of anilines is 3. The molecule has 1 heterocycles. The van der Waals surface area contributed by atoms with E-state index >= 15 is 0 Å². The molecule has 0 aliphatic carbocycles. The van der Waals surface area contributed by atoms with Crippen molar-refractivity contribution in [1.29, 1.82) is 0 Å². The Bertz CT molecular complexity index is 568. The van der Waals surface area contributed by atoms with Crippen LogP contribution in [0.15, 0.2) is 29.4 Å². The number of halogens is 1. The Balaban J connectivity index is 2.34. The molecular formula is C12H14ClN5S. The molecular weight excluding hydrogens is 282 g/mol. The van der Waals surface area contributed by atoms with E-state index in [1.54, 1.807) is 6.07 Å². The lowest BCUT2D eigenvalue weighted by Gasteiger charge is -2.11. The number of nitrogen functional groups attached to an aromatic ring is 1. The second-order valence-electron chi connectivity index (χ2n) is 3.81. The standard InChI is InChI=1S/C12H14ClN5S/c1-7-8(13)4-3-5-9(7)15-10-6-11(18-14)17-12(16-10)19-2/h3-6H,14H2,1-2H3,(H2,15,16,17,18). The van der Waals surface area contributed by atoms with Gasteiger partial charge in [-0.05, 0) is 30.9 Å². The van der Waals surface area contributed by atoms with Crippen LogP contribution in [0.2, 0.25) is 5.02 Å². The third kappa shape index (κ3) is 3.28. The number of nitrogens with one attached hydrogen (secondary N) is 2. The number of hydrazine groups is 1. The van der Waals surface area contributed by atoms with Crippen LogP contribution in [0.3, 0.4) is 0 Å². The van der Waals surface area contributed by atoms with E-state index in [9.17, 15) is 0 Å². The first-order valence-electron chi connectivity index (χ1n) is 5.56. The van der Waals surface area contributed by atoms with Gasteiger partial charge in [-0.15, -0.1) is 0 Å². The summed E-state index contributed by atoms with van der Waals surface area (Å²) >= 11 is 7.53. The fourth-order valence-corrected chi connectivity index (χ4v) is 2.09. The minimum absolute atomic E-state index is 0.557. The van der Waals surface area contributed by atoms with Crippen molar-refractivity contribution in [2.24, 2.45) is 5.84 Å². The highest BCUT2D eigenvalue weighted by Crippen LogP contribution is 2.26. The van der Waals surface area contributed by atoms with Gasteiger partial charge in [-0.1, -0.05) is 29.4 Å². The van der Waals surface area contributed by atoms with Gasteiger partial charge in [-0.3, -0.25) is 0 Å². The topological polar surface area (TPSA) is 75.9 Å². The quantitative estimate of drug-likeness (QED) is 0.348. The molecule has 0 aliphatic rings. The first kappa shape index (κ1) is 13.9. The molecule has 1 aromatic heterocycles. The van der Waals surface area contributed by atoms with Crippen molar-refractivity contribution >= 4 is 40.7 Å². The molecule has 0 amide bonds. The van der Waals surface area contributed by atoms with E-state index in [2.05, 4.69) is 20.7 Å². The van der Waals surface area contributed by atoms with Crippen molar-refractivity contribution in [3.63, 3.8) is 0 Å². The molecule has 5 nitrogen and oxygen atoms in total. The van der Waals surface area contributed by atoms with Crippen molar-refractivity contribution < 1.29 is 0 Å². The van der Waals surface area contributed by atoms with Crippen LogP contribution in [0.5, 0.6) is 0 Å². The monoisotopic (exact) mass is 295 g/mol. The van der Waals surface area contributed by atoms with Gasteiger partial charge in [0.25, 0.3) is 0 Å². The predicted molar refractivity (Wildman–Crippen MR) is 81.1 cm³/mol. The largest absolute Gasteiger partial charge is 0.340 e. The van der Waals surface area contributed by atoms with Crippen LogP contribution in [-0.2, 0) is 0 Å². The van der Waals surface area contributed by atoms with Gasteiger partial charge in [0.05, 0.1) is 0 Å². The van der Waals surface area contributed by atoms with E-state index in [4.69, 9.17) is 17.4 Å². The lowest BCUT2D eigenvalue weighted by atomic mass is 10.2. The van der Waals surface area contributed by atoms with Crippen molar-refractivity contribution in [3.05, 3.63) is 34.9 Å². The summed E-state index contributed by atoms with van der Waals surface area (Å²) in [7, 11) is 0. The average Bonchev–Trinajstić information content (AvgIpc) is 2.43. The molecule has 100 valence electrons. The number of hydrogen-bond acceptors (Lipinski definition) is 6. The summed E-state index contributed by atoms with van der Waals surface area (Å²) < 4.78 is 0. The molecule has 0 bridgehead atoms. The number of thioether (sulfide) groups is 1. The second-order valence-corrected chi connectivity index (χ2v) is 4.99. The normalized spacial score (nSPS) is 10.3. The molecule has 1 aromatic carbocycles. The van der Waals surface area contributed by atoms with Crippen molar-refractivity contribution in [1.82, 2.24) is 9.97 Å². The van der Waals surface area contributed by atoms with E-state index in [1.165, 1.54) is 11.8 Å². The van der Waals surface area contributed by atoms with Crippen LogP contribution in [0, 0.1) is 6.92 Å². The van der Waals surface area contributed by atoms with Crippen LogP contribution < -0.4 is 16.6 Å². The fraction of sp³-hybridized carbons (Fsp3) is 0.167. The molecule has 0 aliphatic heterocycles.